The molecule has 4 nitrogen and oxygen atoms in total. The zero-order chi connectivity index (χ0) is 9.84. The van der Waals surface area contributed by atoms with Gasteiger partial charge in [0.25, 0.3) is 5.91 Å². The molecule has 3 amide bonds. The average Bonchev–Trinajstić information content (AvgIpc) is 2.28. The molecule has 0 saturated heterocycles. The summed E-state index contributed by atoms with van der Waals surface area (Å²) in [5.74, 6) is -0.274. The van der Waals surface area contributed by atoms with E-state index in [1.807, 2.05) is 0 Å². The predicted octanol–water partition coefficient (Wildman–Crippen LogP) is 0.623. The summed E-state index contributed by atoms with van der Waals surface area (Å²) in [6, 6.07) is -0.291. The Morgan fingerprint density at radius 3 is 2.77 bits per heavy atom. The maximum atomic E-state index is 11.4. The minimum atomic E-state index is -0.291. The van der Waals surface area contributed by atoms with Crippen LogP contribution >= 0.6 is 0 Å². The molecule has 0 radical (unpaired) electrons. The van der Waals surface area contributed by atoms with Crippen molar-refractivity contribution in [3.63, 3.8) is 0 Å². The van der Waals surface area contributed by atoms with Crippen molar-refractivity contribution in [2.75, 3.05) is 20.6 Å². The lowest BCUT2D eigenvalue weighted by Crippen LogP contribution is -2.42. The number of amides is 3. The van der Waals surface area contributed by atoms with Gasteiger partial charge in [-0.15, -0.1) is 0 Å². The highest BCUT2D eigenvalue weighted by Crippen LogP contribution is 2.01. The fraction of sp³-hybridized carbons (Fsp3) is 0.333. The fourth-order valence-electron chi connectivity index (χ4n) is 0.976. The van der Waals surface area contributed by atoms with Crippen molar-refractivity contribution in [2.24, 2.45) is 0 Å². The quantitative estimate of drug-likeness (QED) is 0.548. The topological polar surface area (TPSA) is 40.6 Å². The molecule has 1 heterocycles. The molecule has 0 fully saturated rings. The lowest BCUT2D eigenvalue weighted by Gasteiger charge is -2.21. The van der Waals surface area contributed by atoms with Crippen LogP contribution in [-0.4, -0.2) is 42.4 Å². The van der Waals surface area contributed by atoms with E-state index in [9.17, 15) is 9.59 Å². The zero-order valence-electron chi connectivity index (χ0n) is 7.73. The van der Waals surface area contributed by atoms with Crippen LogP contribution in [0.5, 0.6) is 0 Å². The lowest BCUT2D eigenvalue weighted by atomic mass is 10.4. The van der Waals surface area contributed by atoms with Crippen LogP contribution in [-0.2, 0) is 4.79 Å². The van der Waals surface area contributed by atoms with Gasteiger partial charge >= 0.3 is 6.03 Å². The molecule has 0 aromatic heterocycles. The largest absolute Gasteiger partial charge is 0.330 e. The van der Waals surface area contributed by atoms with E-state index in [0.29, 0.717) is 6.54 Å². The van der Waals surface area contributed by atoms with Crippen LogP contribution in [0, 0.1) is 0 Å². The van der Waals surface area contributed by atoms with Crippen LogP contribution in [0.25, 0.3) is 0 Å². The van der Waals surface area contributed by atoms with Gasteiger partial charge in [0.2, 0.25) is 0 Å². The minimum absolute atomic E-state index is 0.274. The summed E-state index contributed by atoms with van der Waals surface area (Å²) in [5, 5.41) is 0. The van der Waals surface area contributed by atoms with E-state index in [0.717, 1.165) is 0 Å². The van der Waals surface area contributed by atoms with Crippen molar-refractivity contribution in [1.82, 2.24) is 9.80 Å². The smallest absolute Gasteiger partial charge is 0.326 e. The molecular weight excluding hydrogens is 168 g/mol. The van der Waals surface area contributed by atoms with Crippen molar-refractivity contribution in [3.05, 3.63) is 24.3 Å². The number of carbonyl (C=O) groups excluding carboxylic acids is 2. The molecule has 1 aliphatic rings. The van der Waals surface area contributed by atoms with Crippen molar-refractivity contribution in [2.45, 2.75) is 0 Å². The fourth-order valence-corrected chi connectivity index (χ4v) is 0.976. The van der Waals surface area contributed by atoms with E-state index in [4.69, 9.17) is 0 Å². The molecule has 0 aromatic carbocycles. The molecular formula is C9H12N2O2. The summed E-state index contributed by atoms with van der Waals surface area (Å²) in [6.45, 7) is 0.336. The lowest BCUT2D eigenvalue weighted by molar-refractivity contribution is -0.123. The summed E-state index contributed by atoms with van der Waals surface area (Å²) < 4.78 is 0. The van der Waals surface area contributed by atoms with E-state index in [2.05, 4.69) is 0 Å². The van der Waals surface area contributed by atoms with Gasteiger partial charge in [-0.05, 0) is 0 Å². The van der Waals surface area contributed by atoms with E-state index < -0.39 is 0 Å². The Balaban J connectivity index is 2.78. The van der Waals surface area contributed by atoms with Crippen LogP contribution in [0.4, 0.5) is 4.79 Å². The second-order valence-electron chi connectivity index (χ2n) is 2.91. The van der Waals surface area contributed by atoms with Crippen molar-refractivity contribution in [1.29, 1.82) is 0 Å². The number of hydrogen-bond donors (Lipinski definition) is 0. The Morgan fingerprint density at radius 1 is 1.46 bits per heavy atom. The highest BCUT2D eigenvalue weighted by molar-refractivity contribution is 6.00. The molecule has 1 aliphatic heterocycles. The molecule has 0 N–H and O–H groups in total. The van der Waals surface area contributed by atoms with Gasteiger partial charge in [-0.1, -0.05) is 18.2 Å². The zero-order valence-corrected chi connectivity index (χ0v) is 7.73. The molecule has 1 rings (SSSR count). The number of rotatable bonds is 0. The summed E-state index contributed by atoms with van der Waals surface area (Å²) in [6.07, 6.45) is 6.53. The maximum absolute atomic E-state index is 11.4. The highest BCUT2D eigenvalue weighted by atomic mass is 16.2. The first-order valence-corrected chi connectivity index (χ1v) is 3.99. The van der Waals surface area contributed by atoms with Gasteiger partial charge in [0.1, 0.15) is 0 Å². The number of hydrogen-bond acceptors (Lipinski definition) is 2. The van der Waals surface area contributed by atoms with E-state index in [1.165, 1.54) is 15.9 Å². The summed E-state index contributed by atoms with van der Waals surface area (Å²) in [4.78, 5) is 25.3. The Morgan fingerprint density at radius 2 is 2.15 bits per heavy atom. The number of imide groups is 1. The maximum Gasteiger partial charge on any atom is 0.326 e. The third kappa shape index (κ3) is 2.18. The van der Waals surface area contributed by atoms with Crippen molar-refractivity contribution >= 4 is 11.9 Å². The third-order valence-electron chi connectivity index (χ3n) is 1.65. The van der Waals surface area contributed by atoms with Crippen LogP contribution < -0.4 is 0 Å². The number of nitrogens with zero attached hydrogens (tertiary/aromatic N) is 2. The van der Waals surface area contributed by atoms with Crippen LogP contribution in [0.3, 0.4) is 0 Å². The molecule has 0 atom stereocenters. The Hall–Kier alpha value is -1.58. The first-order chi connectivity index (χ1) is 6.13. The molecule has 0 spiro atoms. The van der Waals surface area contributed by atoms with Crippen molar-refractivity contribution < 1.29 is 9.59 Å². The number of carbonyl (C=O) groups is 2. The molecule has 0 unspecified atom stereocenters. The molecule has 0 saturated carbocycles. The average molecular weight is 180 g/mol. The first kappa shape index (κ1) is 9.51. The first-order valence-electron chi connectivity index (χ1n) is 3.99. The van der Waals surface area contributed by atoms with Crippen LogP contribution in [0.1, 0.15) is 0 Å². The SMILES string of the molecule is CN(C)C(=O)N1CC=CC=CC1=O. The Bertz CT molecular complexity index is 279. The molecule has 0 aromatic rings. The minimum Gasteiger partial charge on any atom is -0.330 e. The summed E-state index contributed by atoms with van der Waals surface area (Å²) in [5.41, 5.74) is 0. The van der Waals surface area contributed by atoms with Crippen LogP contribution in [0.15, 0.2) is 24.3 Å². The predicted molar refractivity (Wildman–Crippen MR) is 49.1 cm³/mol. The summed E-state index contributed by atoms with van der Waals surface area (Å²) >= 11 is 0. The Kier molecular flexibility index (Phi) is 2.84. The van der Waals surface area contributed by atoms with Gasteiger partial charge in [0.15, 0.2) is 0 Å². The molecule has 0 aliphatic carbocycles. The van der Waals surface area contributed by atoms with Gasteiger partial charge in [0, 0.05) is 26.7 Å². The molecule has 4 heteroatoms. The second-order valence-corrected chi connectivity index (χ2v) is 2.91. The molecule has 70 valence electrons. The van der Waals surface area contributed by atoms with Gasteiger partial charge < -0.3 is 4.90 Å². The second kappa shape index (κ2) is 3.89. The van der Waals surface area contributed by atoms with Gasteiger partial charge in [0.05, 0.1) is 0 Å². The monoisotopic (exact) mass is 180 g/mol. The molecule has 13 heavy (non-hydrogen) atoms. The van der Waals surface area contributed by atoms with Crippen molar-refractivity contribution in [3.8, 4) is 0 Å². The van der Waals surface area contributed by atoms with Gasteiger partial charge in [-0.3, -0.25) is 9.69 Å². The normalized spacial score (nSPS) is 15.8. The summed E-state index contributed by atoms with van der Waals surface area (Å²) in [7, 11) is 3.24. The number of urea groups is 1. The van der Waals surface area contributed by atoms with E-state index in [1.54, 1.807) is 32.3 Å². The van der Waals surface area contributed by atoms with Gasteiger partial charge in [-0.2, -0.15) is 0 Å². The van der Waals surface area contributed by atoms with Crippen LogP contribution in [0.2, 0.25) is 0 Å². The number of allylic oxidation sites excluding steroid dienone is 2. The molecule has 0 bridgehead atoms. The Labute approximate surface area is 77.1 Å². The standard InChI is InChI=1S/C9H12N2O2/c1-10(2)9(13)11-7-5-3-4-6-8(11)12/h3-6H,7H2,1-2H3. The van der Waals surface area contributed by atoms with E-state index >= 15 is 0 Å². The highest BCUT2D eigenvalue weighted by Gasteiger charge is 2.20. The van der Waals surface area contributed by atoms with Gasteiger partial charge in [-0.25, -0.2) is 4.79 Å². The third-order valence-corrected chi connectivity index (χ3v) is 1.65. The van der Waals surface area contributed by atoms with E-state index in [-0.39, 0.29) is 11.9 Å².